The SMILES string of the molecule is C/C=C/C(=O)NN(C(=O)c1ccccc1)C(C)(C)C. The minimum Gasteiger partial charge on any atom is -0.268 e. The monoisotopic (exact) mass is 260 g/mol. The van der Waals surface area contributed by atoms with Gasteiger partial charge in [-0.15, -0.1) is 0 Å². The lowest BCUT2D eigenvalue weighted by Gasteiger charge is -2.35. The number of carbonyl (C=O) groups is 2. The van der Waals surface area contributed by atoms with E-state index in [4.69, 9.17) is 0 Å². The first-order valence-corrected chi connectivity index (χ1v) is 6.19. The summed E-state index contributed by atoms with van der Waals surface area (Å²) in [5.41, 5.74) is 2.64. The summed E-state index contributed by atoms with van der Waals surface area (Å²) in [6, 6.07) is 8.88. The van der Waals surface area contributed by atoms with E-state index in [2.05, 4.69) is 5.43 Å². The van der Waals surface area contributed by atoms with Crippen molar-refractivity contribution in [3.63, 3.8) is 0 Å². The Morgan fingerprint density at radius 2 is 1.74 bits per heavy atom. The average molecular weight is 260 g/mol. The highest BCUT2D eigenvalue weighted by Gasteiger charge is 2.28. The third-order valence-corrected chi connectivity index (χ3v) is 2.43. The molecule has 0 heterocycles. The van der Waals surface area contributed by atoms with E-state index in [1.165, 1.54) is 11.1 Å². The van der Waals surface area contributed by atoms with Crippen LogP contribution in [0.1, 0.15) is 38.1 Å². The summed E-state index contributed by atoms with van der Waals surface area (Å²) < 4.78 is 0. The van der Waals surface area contributed by atoms with Crippen LogP contribution in [0, 0.1) is 0 Å². The summed E-state index contributed by atoms with van der Waals surface area (Å²) in [5, 5.41) is 1.35. The van der Waals surface area contributed by atoms with E-state index >= 15 is 0 Å². The van der Waals surface area contributed by atoms with E-state index < -0.39 is 5.54 Å². The van der Waals surface area contributed by atoms with Gasteiger partial charge in [0.05, 0.1) is 5.54 Å². The predicted molar refractivity (Wildman–Crippen MR) is 75.3 cm³/mol. The molecule has 1 rings (SSSR count). The predicted octanol–water partition coefficient (Wildman–Crippen LogP) is 2.53. The highest BCUT2D eigenvalue weighted by Crippen LogP contribution is 2.14. The van der Waals surface area contributed by atoms with Crippen LogP contribution in [0.25, 0.3) is 0 Å². The van der Waals surface area contributed by atoms with E-state index in [0.29, 0.717) is 5.56 Å². The number of allylic oxidation sites excluding steroid dienone is 1. The van der Waals surface area contributed by atoms with Gasteiger partial charge in [-0.1, -0.05) is 24.3 Å². The van der Waals surface area contributed by atoms with Gasteiger partial charge in [0.15, 0.2) is 0 Å². The molecule has 2 amide bonds. The molecule has 0 aliphatic rings. The molecule has 0 unspecified atom stereocenters. The molecule has 19 heavy (non-hydrogen) atoms. The van der Waals surface area contributed by atoms with E-state index in [9.17, 15) is 9.59 Å². The Hall–Kier alpha value is -2.10. The van der Waals surface area contributed by atoms with Crippen molar-refractivity contribution in [1.29, 1.82) is 0 Å². The molecular weight excluding hydrogens is 240 g/mol. The zero-order chi connectivity index (χ0) is 14.5. The first-order chi connectivity index (χ1) is 8.86. The highest BCUT2D eigenvalue weighted by molar-refractivity contribution is 5.97. The third kappa shape index (κ3) is 4.25. The highest BCUT2D eigenvalue weighted by atomic mass is 16.2. The van der Waals surface area contributed by atoms with Crippen LogP contribution in [0.15, 0.2) is 42.5 Å². The Bertz CT molecular complexity index is 473. The Morgan fingerprint density at radius 1 is 1.16 bits per heavy atom. The number of nitrogens with one attached hydrogen (secondary N) is 1. The molecule has 4 nitrogen and oxygen atoms in total. The number of carbonyl (C=O) groups excluding carboxylic acids is 2. The van der Waals surface area contributed by atoms with Crippen LogP contribution in [-0.2, 0) is 4.79 Å². The Morgan fingerprint density at radius 3 is 2.21 bits per heavy atom. The van der Waals surface area contributed by atoms with Gasteiger partial charge in [0.2, 0.25) is 0 Å². The average Bonchev–Trinajstić information content (AvgIpc) is 2.35. The van der Waals surface area contributed by atoms with E-state index in [1.807, 2.05) is 26.8 Å². The molecule has 0 saturated heterocycles. The maximum absolute atomic E-state index is 12.4. The summed E-state index contributed by atoms with van der Waals surface area (Å²) in [5.74, 6) is -0.548. The number of amides is 2. The van der Waals surface area contributed by atoms with Gasteiger partial charge in [0.1, 0.15) is 0 Å². The van der Waals surface area contributed by atoms with Crippen LogP contribution < -0.4 is 5.43 Å². The molecule has 4 heteroatoms. The molecule has 1 N–H and O–H groups in total. The van der Waals surface area contributed by atoms with Crippen LogP contribution >= 0.6 is 0 Å². The van der Waals surface area contributed by atoms with Gasteiger partial charge >= 0.3 is 0 Å². The maximum Gasteiger partial charge on any atom is 0.272 e. The lowest BCUT2D eigenvalue weighted by Crippen LogP contribution is -2.55. The lowest BCUT2D eigenvalue weighted by molar-refractivity contribution is -0.122. The second kappa shape index (κ2) is 6.18. The topological polar surface area (TPSA) is 49.4 Å². The summed E-state index contributed by atoms with van der Waals surface area (Å²) in [7, 11) is 0. The first-order valence-electron chi connectivity index (χ1n) is 6.19. The minimum atomic E-state index is -0.510. The number of rotatable bonds is 2. The van der Waals surface area contributed by atoms with Gasteiger partial charge in [-0.25, -0.2) is 5.01 Å². The number of hydrazine groups is 1. The maximum atomic E-state index is 12.4. The Labute approximate surface area is 114 Å². The Kier molecular flexibility index (Phi) is 4.87. The Balaban J connectivity index is 2.99. The van der Waals surface area contributed by atoms with Crippen LogP contribution in [0.5, 0.6) is 0 Å². The first kappa shape index (κ1) is 15.0. The zero-order valence-electron chi connectivity index (χ0n) is 11.8. The van der Waals surface area contributed by atoms with Crippen LogP contribution in [0.2, 0.25) is 0 Å². The van der Waals surface area contributed by atoms with Gasteiger partial charge in [0.25, 0.3) is 11.8 Å². The number of nitrogens with zero attached hydrogens (tertiary/aromatic N) is 1. The second-order valence-corrected chi connectivity index (χ2v) is 5.15. The molecule has 0 saturated carbocycles. The van der Waals surface area contributed by atoms with Crippen LogP contribution in [-0.4, -0.2) is 22.4 Å². The van der Waals surface area contributed by atoms with Gasteiger partial charge in [-0.2, -0.15) is 0 Å². The molecule has 0 aliphatic heterocycles. The normalized spacial score (nSPS) is 11.4. The molecule has 0 aliphatic carbocycles. The molecule has 0 spiro atoms. The minimum absolute atomic E-state index is 0.231. The molecule has 0 bridgehead atoms. The van der Waals surface area contributed by atoms with Gasteiger partial charge < -0.3 is 0 Å². The quantitative estimate of drug-likeness (QED) is 0.656. The lowest BCUT2D eigenvalue weighted by atomic mass is 10.1. The molecule has 0 atom stereocenters. The fourth-order valence-electron chi connectivity index (χ4n) is 1.53. The van der Waals surface area contributed by atoms with Crippen LogP contribution in [0.3, 0.4) is 0 Å². The zero-order valence-corrected chi connectivity index (χ0v) is 11.8. The number of hydrogen-bond donors (Lipinski definition) is 1. The fourth-order valence-corrected chi connectivity index (χ4v) is 1.53. The van der Waals surface area contributed by atoms with Gasteiger partial charge in [-0.05, 0) is 39.8 Å². The van der Waals surface area contributed by atoms with Crippen molar-refractivity contribution in [2.45, 2.75) is 33.2 Å². The fraction of sp³-hybridized carbons (Fsp3) is 0.333. The van der Waals surface area contributed by atoms with Crippen molar-refractivity contribution < 1.29 is 9.59 Å². The van der Waals surface area contributed by atoms with Gasteiger partial charge in [0, 0.05) is 11.6 Å². The third-order valence-electron chi connectivity index (χ3n) is 2.43. The number of hydrogen-bond acceptors (Lipinski definition) is 2. The van der Waals surface area contributed by atoms with Crippen molar-refractivity contribution in [3.8, 4) is 0 Å². The molecular formula is C15H20N2O2. The molecule has 1 aromatic rings. The summed E-state index contributed by atoms with van der Waals surface area (Å²) in [4.78, 5) is 24.1. The van der Waals surface area contributed by atoms with Crippen molar-refractivity contribution in [2.24, 2.45) is 0 Å². The molecule has 0 radical (unpaired) electrons. The molecule has 0 aromatic heterocycles. The van der Waals surface area contributed by atoms with E-state index in [1.54, 1.807) is 37.3 Å². The van der Waals surface area contributed by atoms with Crippen molar-refractivity contribution in [1.82, 2.24) is 10.4 Å². The summed E-state index contributed by atoms with van der Waals surface area (Å²) in [6.07, 6.45) is 3.01. The van der Waals surface area contributed by atoms with Crippen molar-refractivity contribution in [2.75, 3.05) is 0 Å². The standard InChI is InChI=1S/C15H20N2O2/c1-5-9-13(18)16-17(15(2,3)4)14(19)12-10-7-6-8-11-12/h5-11H,1-4H3,(H,16,18)/b9-5+. The molecule has 1 aromatic carbocycles. The van der Waals surface area contributed by atoms with Crippen LogP contribution in [0.4, 0.5) is 0 Å². The van der Waals surface area contributed by atoms with Crippen molar-refractivity contribution >= 4 is 11.8 Å². The summed E-state index contributed by atoms with van der Waals surface area (Å²) >= 11 is 0. The smallest absolute Gasteiger partial charge is 0.268 e. The van der Waals surface area contributed by atoms with Crippen molar-refractivity contribution in [3.05, 3.63) is 48.0 Å². The second-order valence-electron chi connectivity index (χ2n) is 5.15. The van der Waals surface area contributed by atoms with E-state index in [0.717, 1.165) is 0 Å². The largest absolute Gasteiger partial charge is 0.272 e. The molecule has 102 valence electrons. The molecule has 0 fully saturated rings. The van der Waals surface area contributed by atoms with E-state index in [-0.39, 0.29) is 11.8 Å². The number of benzene rings is 1. The summed E-state index contributed by atoms with van der Waals surface area (Å²) in [6.45, 7) is 7.34. The van der Waals surface area contributed by atoms with Gasteiger partial charge in [-0.3, -0.25) is 15.0 Å².